The molecule has 29 heavy (non-hydrogen) atoms. The predicted octanol–water partition coefficient (Wildman–Crippen LogP) is 5.67. The van der Waals surface area contributed by atoms with E-state index >= 15 is 0 Å². The van der Waals surface area contributed by atoms with E-state index in [0.29, 0.717) is 0 Å². The Morgan fingerprint density at radius 1 is 1.03 bits per heavy atom. The fraction of sp³-hybridized carbons (Fsp3) is 0.333. The van der Waals surface area contributed by atoms with Gasteiger partial charge in [0.25, 0.3) is 0 Å². The molecule has 1 fully saturated rings. The first kappa shape index (κ1) is 19.2. The van der Waals surface area contributed by atoms with Gasteiger partial charge in [0.05, 0.1) is 24.1 Å². The first-order valence-corrected chi connectivity index (χ1v) is 10.1. The average Bonchev–Trinajstić information content (AvgIpc) is 3.24. The van der Waals surface area contributed by atoms with Crippen LogP contribution in [0.5, 0.6) is 5.75 Å². The van der Waals surface area contributed by atoms with Crippen LogP contribution in [0.3, 0.4) is 0 Å². The molecule has 0 unspecified atom stereocenters. The Morgan fingerprint density at radius 3 is 2.38 bits per heavy atom. The number of rotatable bonds is 5. The number of hydrogen-bond donors (Lipinski definition) is 2. The van der Waals surface area contributed by atoms with Gasteiger partial charge in [-0.05, 0) is 60.2 Å². The van der Waals surface area contributed by atoms with E-state index in [2.05, 4.69) is 23.2 Å². The summed E-state index contributed by atoms with van der Waals surface area (Å²) in [5.41, 5.74) is 5.34. The van der Waals surface area contributed by atoms with Crippen molar-refractivity contribution < 1.29 is 14.6 Å². The van der Waals surface area contributed by atoms with E-state index in [-0.39, 0.29) is 11.0 Å². The number of carbonyl (C=O) groups is 1. The number of carboxylic acid groups (broad SMARTS) is 1. The summed E-state index contributed by atoms with van der Waals surface area (Å²) in [6, 6.07) is 15.1. The number of hydrogen-bond acceptors (Lipinski definition) is 3. The number of H-pyrrole nitrogens is 1. The third kappa shape index (κ3) is 3.77. The zero-order valence-corrected chi connectivity index (χ0v) is 16.9. The molecule has 1 aliphatic carbocycles. The molecular weight excluding hydrogens is 364 g/mol. The second-order valence-electron chi connectivity index (χ2n) is 8.09. The third-order valence-electron chi connectivity index (χ3n) is 6.12. The standard InChI is InChI=1S/C24H26N2O3/c1-24(12-4-3-5-13-24)19-14-18(10-11-22(19)29-2)21-15-20(25-26-21)16-6-8-17(9-7-16)23(27)28/h6-11,14-15H,3-5,12-13H2,1-2H3,(H,25,26)(H,27,28). The van der Waals surface area contributed by atoms with Gasteiger partial charge in [0.15, 0.2) is 0 Å². The van der Waals surface area contributed by atoms with E-state index in [9.17, 15) is 4.79 Å². The maximum Gasteiger partial charge on any atom is 0.335 e. The number of nitrogens with zero attached hydrogens (tertiary/aromatic N) is 1. The van der Waals surface area contributed by atoms with Gasteiger partial charge in [-0.2, -0.15) is 5.10 Å². The smallest absolute Gasteiger partial charge is 0.335 e. The summed E-state index contributed by atoms with van der Waals surface area (Å²) in [5, 5.41) is 16.6. The zero-order chi connectivity index (χ0) is 20.4. The van der Waals surface area contributed by atoms with E-state index in [0.717, 1.165) is 28.3 Å². The fourth-order valence-electron chi connectivity index (χ4n) is 4.35. The fourth-order valence-corrected chi connectivity index (χ4v) is 4.35. The van der Waals surface area contributed by atoms with Gasteiger partial charge in [-0.15, -0.1) is 0 Å². The van der Waals surface area contributed by atoms with Crippen LogP contribution < -0.4 is 4.74 Å². The van der Waals surface area contributed by atoms with Crippen LogP contribution in [0.25, 0.3) is 22.5 Å². The number of ether oxygens (including phenoxy) is 1. The van der Waals surface area contributed by atoms with E-state index in [1.807, 2.05) is 18.2 Å². The Labute approximate surface area is 170 Å². The molecule has 150 valence electrons. The number of benzene rings is 2. The third-order valence-corrected chi connectivity index (χ3v) is 6.12. The number of nitrogens with one attached hydrogen (secondary N) is 1. The topological polar surface area (TPSA) is 75.2 Å². The van der Waals surface area contributed by atoms with Crippen molar-refractivity contribution in [3.8, 4) is 28.3 Å². The Balaban J connectivity index is 1.67. The van der Waals surface area contributed by atoms with Crippen molar-refractivity contribution >= 4 is 5.97 Å². The minimum atomic E-state index is -0.927. The van der Waals surface area contributed by atoms with Crippen LogP contribution in [-0.4, -0.2) is 28.4 Å². The lowest BCUT2D eigenvalue weighted by Crippen LogP contribution is -2.25. The number of carboxylic acids is 1. The van der Waals surface area contributed by atoms with Crippen molar-refractivity contribution in [2.75, 3.05) is 7.11 Å². The van der Waals surface area contributed by atoms with Crippen LogP contribution in [0.1, 0.15) is 54.9 Å². The molecule has 0 bridgehead atoms. The SMILES string of the molecule is COc1ccc(-c2cc(-c3ccc(C(=O)O)cc3)[nH]n2)cc1C1(C)CCCCC1. The lowest BCUT2D eigenvalue weighted by Gasteiger charge is -2.35. The molecule has 4 rings (SSSR count). The number of aromatic nitrogens is 2. The molecule has 0 atom stereocenters. The van der Waals surface area contributed by atoms with E-state index < -0.39 is 5.97 Å². The minimum absolute atomic E-state index is 0.130. The van der Waals surface area contributed by atoms with Gasteiger partial charge in [0, 0.05) is 11.1 Å². The van der Waals surface area contributed by atoms with E-state index in [4.69, 9.17) is 9.84 Å². The van der Waals surface area contributed by atoms with Crippen molar-refractivity contribution in [1.82, 2.24) is 10.2 Å². The Kier molecular flexibility index (Phi) is 5.14. The quantitative estimate of drug-likeness (QED) is 0.588. The Bertz CT molecular complexity index is 1010. The number of aromatic amines is 1. The summed E-state index contributed by atoms with van der Waals surface area (Å²) in [6.45, 7) is 2.34. The largest absolute Gasteiger partial charge is 0.496 e. The Hall–Kier alpha value is -3.08. The van der Waals surface area contributed by atoms with Crippen molar-refractivity contribution in [1.29, 1.82) is 0 Å². The zero-order valence-electron chi connectivity index (χ0n) is 16.9. The van der Waals surface area contributed by atoms with Crippen molar-refractivity contribution in [3.63, 3.8) is 0 Å². The van der Waals surface area contributed by atoms with Gasteiger partial charge in [-0.1, -0.05) is 38.3 Å². The molecule has 0 amide bonds. The van der Waals surface area contributed by atoms with Crippen LogP contribution in [0.2, 0.25) is 0 Å². The molecule has 1 heterocycles. The van der Waals surface area contributed by atoms with E-state index in [1.54, 1.807) is 31.4 Å². The van der Waals surface area contributed by atoms with Gasteiger partial charge < -0.3 is 9.84 Å². The molecule has 5 nitrogen and oxygen atoms in total. The van der Waals surface area contributed by atoms with Crippen LogP contribution in [0.4, 0.5) is 0 Å². The van der Waals surface area contributed by atoms with Crippen molar-refractivity contribution in [2.24, 2.45) is 0 Å². The Morgan fingerprint density at radius 2 is 1.72 bits per heavy atom. The van der Waals surface area contributed by atoms with Crippen molar-refractivity contribution in [3.05, 3.63) is 59.7 Å². The molecule has 3 aromatic rings. The second-order valence-corrected chi connectivity index (χ2v) is 8.09. The molecule has 1 aromatic heterocycles. The molecule has 0 spiro atoms. The van der Waals surface area contributed by atoms with Crippen LogP contribution >= 0.6 is 0 Å². The second kappa shape index (κ2) is 7.74. The van der Waals surface area contributed by atoms with Crippen LogP contribution in [0.15, 0.2) is 48.5 Å². The van der Waals surface area contributed by atoms with Gasteiger partial charge in [0.2, 0.25) is 0 Å². The highest BCUT2D eigenvalue weighted by Gasteiger charge is 2.31. The summed E-state index contributed by atoms with van der Waals surface area (Å²) in [5.74, 6) is 0.0157. The van der Waals surface area contributed by atoms with Gasteiger partial charge >= 0.3 is 5.97 Å². The highest BCUT2D eigenvalue weighted by molar-refractivity contribution is 5.88. The average molecular weight is 390 g/mol. The molecule has 5 heteroatoms. The summed E-state index contributed by atoms with van der Waals surface area (Å²) >= 11 is 0. The molecule has 1 saturated carbocycles. The number of methoxy groups -OCH3 is 1. The highest BCUT2D eigenvalue weighted by Crippen LogP contribution is 2.44. The van der Waals surface area contributed by atoms with E-state index in [1.165, 1.54) is 37.7 Å². The molecule has 2 N–H and O–H groups in total. The first-order chi connectivity index (χ1) is 14.0. The molecule has 2 aromatic carbocycles. The van der Waals surface area contributed by atoms with Gasteiger partial charge in [-0.3, -0.25) is 5.10 Å². The molecule has 1 aliphatic rings. The summed E-state index contributed by atoms with van der Waals surface area (Å²) < 4.78 is 5.68. The van der Waals surface area contributed by atoms with Crippen molar-refractivity contribution in [2.45, 2.75) is 44.4 Å². The normalized spacial score (nSPS) is 15.8. The first-order valence-electron chi connectivity index (χ1n) is 10.1. The predicted molar refractivity (Wildman–Crippen MR) is 113 cm³/mol. The summed E-state index contributed by atoms with van der Waals surface area (Å²) in [4.78, 5) is 11.0. The molecule has 0 saturated heterocycles. The highest BCUT2D eigenvalue weighted by atomic mass is 16.5. The molecule has 0 radical (unpaired) electrons. The number of aromatic carboxylic acids is 1. The maximum absolute atomic E-state index is 11.0. The lowest BCUT2D eigenvalue weighted by molar-refractivity contribution is 0.0697. The lowest BCUT2D eigenvalue weighted by atomic mass is 9.70. The van der Waals surface area contributed by atoms with Crippen LogP contribution in [-0.2, 0) is 5.41 Å². The molecule has 0 aliphatic heterocycles. The minimum Gasteiger partial charge on any atom is -0.496 e. The van der Waals surface area contributed by atoms with Crippen LogP contribution in [0, 0.1) is 0 Å². The maximum atomic E-state index is 11.0. The molecular formula is C24H26N2O3. The summed E-state index contributed by atoms with van der Waals surface area (Å²) in [7, 11) is 1.73. The summed E-state index contributed by atoms with van der Waals surface area (Å²) in [6.07, 6.45) is 6.16. The monoisotopic (exact) mass is 390 g/mol. The van der Waals surface area contributed by atoms with Gasteiger partial charge in [-0.25, -0.2) is 4.79 Å². The van der Waals surface area contributed by atoms with Gasteiger partial charge in [0.1, 0.15) is 5.75 Å².